The fourth-order valence-corrected chi connectivity index (χ4v) is 7.61. The molecule has 1 aliphatic rings. The minimum Gasteiger partial charge on any atom is -0.288 e. The maximum absolute atomic E-state index is 12.6. The maximum Gasteiger partial charge on any atom is 0.202 e. The smallest absolute Gasteiger partial charge is 0.202 e. The van der Waals surface area contributed by atoms with Gasteiger partial charge in [0.25, 0.3) is 0 Å². The molecule has 0 aliphatic carbocycles. The molecule has 0 radical (unpaired) electrons. The SMILES string of the molecule is Cc1ccc2c(c1)C(=O)c1sc(C)cc1[Si]2(C)C. The van der Waals surface area contributed by atoms with Crippen LogP contribution in [0.1, 0.15) is 25.7 Å². The minimum atomic E-state index is -1.69. The van der Waals surface area contributed by atoms with E-state index in [1.54, 1.807) is 11.3 Å². The Bertz CT molecular complexity index is 667. The Morgan fingerprint density at radius 3 is 2.50 bits per heavy atom. The zero-order valence-corrected chi connectivity index (χ0v) is 12.9. The third kappa shape index (κ3) is 1.47. The van der Waals surface area contributed by atoms with Crippen molar-refractivity contribution in [2.75, 3.05) is 0 Å². The molecule has 1 aliphatic heterocycles. The topological polar surface area (TPSA) is 17.1 Å². The van der Waals surface area contributed by atoms with Crippen molar-refractivity contribution in [1.29, 1.82) is 0 Å². The number of rotatable bonds is 0. The number of hydrogen-bond donors (Lipinski definition) is 0. The van der Waals surface area contributed by atoms with Crippen molar-refractivity contribution in [3.8, 4) is 0 Å². The van der Waals surface area contributed by atoms with Crippen molar-refractivity contribution < 1.29 is 4.79 Å². The first-order chi connectivity index (χ1) is 8.41. The second-order valence-corrected chi connectivity index (χ2v) is 11.2. The molecule has 0 spiro atoms. The highest BCUT2D eigenvalue weighted by Crippen LogP contribution is 2.26. The standard InChI is InChI=1S/C15H16OSSi/c1-9-5-6-12-11(7-9)14(16)15-13(18(12,3)4)8-10(2)17-15/h5-8H,1-4H3. The van der Waals surface area contributed by atoms with Gasteiger partial charge in [-0.3, -0.25) is 4.79 Å². The zero-order valence-electron chi connectivity index (χ0n) is 11.1. The molecule has 3 heteroatoms. The number of aryl methyl sites for hydroxylation is 2. The molecule has 0 unspecified atom stereocenters. The van der Waals surface area contributed by atoms with Crippen molar-refractivity contribution in [2.45, 2.75) is 26.9 Å². The van der Waals surface area contributed by atoms with Crippen molar-refractivity contribution in [3.63, 3.8) is 0 Å². The number of thiophene rings is 1. The first kappa shape index (κ1) is 11.9. The first-order valence-electron chi connectivity index (χ1n) is 6.18. The number of carbonyl (C=O) groups is 1. The van der Waals surface area contributed by atoms with Crippen LogP contribution in [0.4, 0.5) is 0 Å². The molecular weight excluding hydrogens is 256 g/mol. The lowest BCUT2D eigenvalue weighted by molar-refractivity contribution is 0.104. The summed E-state index contributed by atoms with van der Waals surface area (Å²) in [4.78, 5) is 14.8. The molecule has 2 aromatic rings. The van der Waals surface area contributed by atoms with Crippen LogP contribution in [0, 0.1) is 13.8 Å². The lowest BCUT2D eigenvalue weighted by Crippen LogP contribution is -2.58. The van der Waals surface area contributed by atoms with E-state index in [0.717, 1.165) is 10.4 Å². The Balaban J connectivity index is 2.36. The quantitative estimate of drug-likeness (QED) is 0.674. The zero-order chi connectivity index (χ0) is 13.1. The van der Waals surface area contributed by atoms with Gasteiger partial charge in [-0.2, -0.15) is 0 Å². The average Bonchev–Trinajstić information content (AvgIpc) is 2.69. The van der Waals surface area contributed by atoms with E-state index in [4.69, 9.17) is 0 Å². The van der Waals surface area contributed by atoms with Gasteiger partial charge in [-0.1, -0.05) is 30.8 Å². The van der Waals surface area contributed by atoms with Gasteiger partial charge in [0.1, 0.15) is 8.07 Å². The molecule has 18 heavy (non-hydrogen) atoms. The molecule has 0 fully saturated rings. The highest BCUT2D eigenvalue weighted by molar-refractivity contribution is 7.18. The summed E-state index contributed by atoms with van der Waals surface area (Å²) >= 11 is 1.66. The van der Waals surface area contributed by atoms with E-state index in [2.05, 4.69) is 51.2 Å². The average molecular weight is 272 g/mol. The number of hydrogen-bond acceptors (Lipinski definition) is 2. The fourth-order valence-electron chi connectivity index (χ4n) is 2.81. The molecule has 0 saturated carbocycles. The molecule has 0 atom stereocenters. The van der Waals surface area contributed by atoms with Crippen LogP contribution in [0.2, 0.25) is 13.1 Å². The molecule has 0 saturated heterocycles. The van der Waals surface area contributed by atoms with E-state index < -0.39 is 8.07 Å². The molecule has 3 rings (SSSR count). The lowest BCUT2D eigenvalue weighted by Gasteiger charge is -2.30. The van der Waals surface area contributed by atoms with Crippen LogP contribution in [-0.2, 0) is 0 Å². The van der Waals surface area contributed by atoms with Crippen molar-refractivity contribution >= 4 is 35.6 Å². The Hall–Kier alpha value is -1.19. The van der Waals surface area contributed by atoms with Crippen LogP contribution >= 0.6 is 11.3 Å². The van der Waals surface area contributed by atoms with E-state index >= 15 is 0 Å². The van der Waals surface area contributed by atoms with E-state index in [1.807, 2.05) is 0 Å². The molecule has 1 nitrogen and oxygen atoms in total. The van der Waals surface area contributed by atoms with Gasteiger partial charge in [-0.15, -0.1) is 11.3 Å². The van der Waals surface area contributed by atoms with Gasteiger partial charge in [0.05, 0.1) is 4.88 Å². The van der Waals surface area contributed by atoms with E-state index in [0.29, 0.717) is 0 Å². The van der Waals surface area contributed by atoms with Crippen molar-refractivity contribution in [2.24, 2.45) is 0 Å². The molecule has 0 amide bonds. The minimum absolute atomic E-state index is 0.230. The lowest BCUT2D eigenvalue weighted by atomic mass is 10.1. The second kappa shape index (κ2) is 3.65. The van der Waals surface area contributed by atoms with Gasteiger partial charge in [-0.05, 0) is 36.4 Å². The maximum atomic E-state index is 12.6. The number of ketones is 1. The molecule has 92 valence electrons. The third-order valence-corrected chi connectivity index (χ3v) is 8.58. The predicted octanol–water partition coefficient (Wildman–Crippen LogP) is 2.73. The first-order valence-corrected chi connectivity index (χ1v) is 9.99. The summed E-state index contributed by atoms with van der Waals surface area (Å²) in [5.74, 6) is 0.230. The van der Waals surface area contributed by atoms with Gasteiger partial charge in [0.15, 0.2) is 0 Å². The Morgan fingerprint density at radius 1 is 1.06 bits per heavy atom. The van der Waals surface area contributed by atoms with E-state index in [1.165, 1.54) is 20.8 Å². The van der Waals surface area contributed by atoms with Gasteiger partial charge < -0.3 is 0 Å². The van der Waals surface area contributed by atoms with Crippen LogP contribution in [0.15, 0.2) is 24.3 Å². The largest absolute Gasteiger partial charge is 0.288 e. The second-order valence-electron chi connectivity index (χ2n) is 5.60. The van der Waals surface area contributed by atoms with Gasteiger partial charge in [0.2, 0.25) is 5.78 Å². The summed E-state index contributed by atoms with van der Waals surface area (Å²) < 4.78 is 0. The Kier molecular flexibility index (Phi) is 2.41. The third-order valence-electron chi connectivity index (χ3n) is 3.83. The summed E-state index contributed by atoms with van der Waals surface area (Å²) in [6.45, 7) is 8.84. The van der Waals surface area contributed by atoms with Crippen LogP contribution in [0.3, 0.4) is 0 Å². The predicted molar refractivity (Wildman–Crippen MR) is 80.4 cm³/mol. The molecular formula is C15H16OSSi. The number of fused-ring (bicyclic) bond motifs is 2. The van der Waals surface area contributed by atoms with Crippen molar-refractivity contribution in [1.82, 2.24) is 0 Å². The number of carbonyl (C=O) groups excluding carboxylic acids is 1. The fraction of sp³-hybridized carbons (Fsp3) is 0.267. The molecule has 0 N–H and O–H groups in total. The molecule has 2 heterocycles. The van der Waals surface area contributed by atoms with Gasteiger partial charge in [-0.25, -0.2) is 0 Å². The summed E-state index contributed by atoms with van der Waals surface area (Å²) in [5.41, 5.74) is 2.12. The van der Waals surface area contributed by atoms with E-state index in [9.17, 15) is 4.79 Å². The Morgan fingerprint density at radius 2 is 1.78 bits per heavy atom. The van der Waals surface area contributed by atoms with Gasteiger partial charge in [0, 0.05) is 10.4 Å². The monoisotopic (exact) mass is 272 g/mol. The highest BCUT2D eigenvalue weighted by atomic mass is 32.1. The van der Waals surface area contributed by atoms with Crippen LogP contribution in [0.5, 0.6) is 0 Å². The van der Waals surface area contributed by atoms with Gasteiger partial charge >= 0.3 is 0 Å². The summed E-state index contributed by atoms with van der Waals surface area (Å²) in [6.07, 6.45) is 0. The van der Waals surface area contributed by atoms with Crippen LogP contribution in [-0.4, -0.2) is 13.9 Å². The van der Waals surface area contributed by atoms with Crippen LogP contribution in [0.25, 0.3) is 0 Å². The number of benzene rings is 1. The molecule has 0 bridgehead atoms. The normalized spacial score (nSPS) is 16.3. The highest BCUT2D eigenvalue weighted by Gasteiger charge is 2.39. The molecule has 1 aromatic heterocycles. The Labute approximate surface area is 112 Å². The van der Waals surface area contributed by atoms with Crippen LogP contribution < -0.4 is 10.4 Å². The molecule has 1 aromatic carbocycles. The summed E-state index contributed by atoms with van der Waals surface area (Å²) in [5, 5.41) is 2.62. The van der Waals surface area contributed by atoms with Crippen molar-refractivity contribution in [3.05, 3.63) is 45.1 Å². The summed E-state index contributed by atoms with van der Waals surface area (Å²) in [7, 11) is -1.69. The summed E-state index contributed by atoms with van der Waals surface area (Å²) in [6, 6.07) is 8.59. The van der Waals surface area contributed by atoms with E-state index in [-0.39, 0.29) is 5.78 Å².